The Bertz CT molecular complexity index is 652. The molecule has 1 aliphatic rings. The van der Waals surface area contributed by atoms with Gasteiger partial charge in [-0.1, -0.05) is 36.4 Å². The van der Waals surface area contributed by atoms with Crippen LogP contribution in [0.25, 0.3) is 0 Å². The Hall–Kier alpha value is -2.01. The maximum atomic E-state index is 13.1. The number of hydrogen-bond donors (Lipinski definition) is 1. The van der Waals surface area contributed by atoms with Gasteiger partial charge in [-0.2, -0.15) is 13.2 Å². The summed E-state index contributed by atoms with van der Waals surface area (Å²) < 4.78 is 44.9. The first-order valence-corrected chi connectivity index (χ1v) is 6.56. The molecule has 0 amide bonds. The van der Waals surface area contributed by atoms with Crippen LogP contribution in [0.15, 0.2) is 48.5 Å². The number of ether oxygens (including phenoxy) is 1. The highest BCUT2D eigenvalue weighted by Crippen LogP contribution is 2.43. The Labute approximate surface area is 119 Å². The molecule has 2 unspecified atom stereocenters. The maximum Gasteiger partial charge on any atom is 0.416 e. The van der Waals surface area contributed by atoms with Gasteiger partial charge >= 0.3 is 6.18 Å². The van der Waals surface area contributed by atoms with Crippen molar-refractivity contribution in [1.82, 2.24) is 0 Å². The summed E-state index contributed by atoms with van der Waals surface area (Å²) in [5.74, 6) is 0.429. The van der Waals surface area contributed by atoms with Crippen LogP contribution in [0.1, 0.15) is 35.3 Å². The van der Waals surface area contributed by atoms with Gasteiger partial charge < -0.3 is 9.84 Å². The van der Waals surface area contributed by atoms with Gasteiger partial charge in [0.2, 0.25) is 0 Å². The van der Waals surface area contributed by atoms with E-state index < -0.39 is 23.9 Å². The van der Waals surface area contributed by atoms with Crippen molar-refractivity contribution in [2.75, 3.05) is 0 Å². The van der Waals surface area contributed by atoms with Crippen LogP contribution in [0.2, 0.25) is 0 Å². The maximum absolute atomic E-state index is 13.1. The number of fused-ring (bicyclic) bond motifs is 1. The highest BCUT2D eigenvalue weighted by atomic mass is 19.4. The molecule has 0 saturated heterocycles. The third-order valence-electron chi connectivity index (χ3n) is 3.60. The molecule has 0 radical (unpaired) electrons. The molecule has 2 aromatic carbocycles. The zero-order chi connectivity index (χ0) is 15.0. The van der Waals surface area contributed by atoms with Gasteiger partial charge in [0, 0.05) is 17.5 Å². The van der Waals surface area contributed by atoms with Crippen LogP contribution in [0.3, 0.4) is 0 Å². The lowest BCUT2D eigenvalue weighted by atomic mass is 9.92. The van der Waals surface area contributed by atoms with E-state index in [9.17, 15) is 18.3 Å². The predicted octanol–water partition coefficient (Wildman–Crippen LogP) is 4.26. The molecule has 2 aromatic rings. The van der Waals surface area contributed by atoms with E-state index in [0.717, 1.165) is 6.07 Å². The zero-order valence-corrected chi connectivity index (χ0v) is 11.0. The van der Waals surface area contributed by atoms with E-state index in [1.54, 1.807) is 30.3 Å². The molecule has 0 aromatic heterocycles. The van der Waals surface area contributed by atoms with Gasteiger partial charge in [-0.15, -0.1) is 0 Å². The Morgan fingerprint density at radius 1 is 0.952 bits per heavy atom. The minimum absolute atomic E-state index is 0.0542. The minimum Gasteiger partial charge on any atom is -0.485 e. The molecule has 0 spiro atoms. The number of halogens is 3. The summed E-state index contributed by atoms with van der Waals surface area (Å²) in [7, 11) is 0. The van der Waals surface area contributed by atoms with Crippen LogP contribution in [0, 0.1) is 0 Å². The van der Waals surface area contributed by atoms with E-state index in [0.29, 0.717) is 11.3 Å². The van der Waals surface area contributed by atoms with Crippen molar-refractivity contribution < 1.29 is 23.0 Å². The number of rotatable bonds is 1. The fourth-order valence-corrected chi connectivity index (χ4v) is 2.62. The number of para-hydroxylation sites is 1. The van der Waals surface area contributed by atoms with E-state index >= 15 is 0 Å². The fraction of sp³-hybridized carbons (Fsp3) is 0.250. The SMILES string of the molecule is OC1CC(c2ccccc2C(F)(F)F)Oc2ccccc21. The molecule has 5 heteroatoms. The zero-order valence-electron chi connectivity index (χ0n) is 11.0. The Kier molecular flexibility index (Phi) is 3.37. The lowest BCUT2D eigenvalue weighted by Crippen LogP contribution is -2.22. The van der Waals surface area contributed by atoms with E-state index in [1.165, 1.54) is 12.1 Å². The Morgan fingerprint density at radius 3 is 2.29 bits per heavy atom. The van der Waals surface area contributed by atoms with E-state index in [4.69, 9.17) is 4.74 Å². The van der Waals surface area contributed by atoms with Crippen molar-refractivity contribution in [1.29, 1.82) is 0 Å². The minimum atomic E-state index is -4.44. The summed E-state index contributed by atoms with van der Waals surface area (Å²) in [6.45, 7) is 0. The molecule has 0 bridgehead atoms. The van der Waals surface area contributed by atoms with Crippen LogP contribution < -0.4 is 4.74 Å². The second-order valence-corrected chi connectivity index (χ2v) is 4.98. The predicted molar refractivity (Wildman–Crippen MR) is 70.8 cm³/mol. The number of hydrogen-bond acceptors (Lipinski definition) is 2. The van der Waals surface area contributed by atoms with Crippen LogP contribution in [0.5, 0.6) is 5.75 Å². The summed E-state index contributed by atoms with van der Waals surface area (Å²) >= 11 is 0. The highest BCUT2D eigenvalue weighted by molar-refractivity contribution is 5.40. The first-order chi connectivity index (χ1) is 9.97. The van der Waals surface area contributed by atoms with Gasteiger partial charge in [0.1, 0.15) is 11.9 Å². The van der Waals surface area contributed by atoms with Crippen LogP contribution >= 0.6 is 0 Å². The number of alkyl halides is 3. The Balaban J connectivity index is 2.01. The van der Waals surface area contributed by atoms with Crippen molar-refractivity contribution in [3.8, 4) is 5.75 Å². The standard InChI is InChI=1S/C16H13F3O2/c17-16(18,19)12-7-3-1-5-10(12)15-9-13(20)11-6-2-4-8-14(11)21-15/h1-8,13,15,20H,9H2. The number of benzene rings is 2. The lowest BCUT2D eigenvalue weighted by molar-refractivity contribution is -0.139. The molecule has 0 fully saturated rings. The van der Waals surface area contributed by atoms with Crippen molar-refractivity contribution in [3.05, 3.63) is 65.2 Å². The molecule has 3 rings (SSSR count). The van der Waals surface area contributed by atoms with Crippen molar-refractivity contribution in [2.24, 2.45) is 0 Å². The molecular formula is C16H13F3O2. The summed E-state index contributed by atoms with van der Waals surface area (Å²) in [4.78, 5) is 0. The molecule has 2 nitrogen and oxygen atoms in total. The van der Waals surface area contributed by atoms with Crippen molar-refractivity contribution >= 4 is 0 Å². The quantitative estimate of drug-likeness (QED) is 0.851. The van der Waals surface area contributed by atoms with Gasteiger partial charge in [-0.05, 0) is 12.1 Å². The molecule has 1 N–H and O–H groups in total. The van der Waals surface area contributed by atoms with Gasteiger partial charge in [0.15, 0.2) is 0 Å². The lowest BCUT2D eigenvalue weighted by Gasteiger charge is -2.31. The fourth-order valence-electron chi connectivity index (χ4n) is 2.62. The first kappa shape index (κ1) is 13.9. The molecule has 21 heavy (non-hydrogen) atoms. The first-order valence-electron chi connectivity index (χ1n) is 6.56. The summed E-state index contributed by atoms with van der Waals surface area (Å²) in [5, 5.41) is 10.1. The van der Waals surface area contributed by atoms with Crippen molar-refractivity contribution in [2.45, 2.75) is 24.8 Å². The third-order valence-corrected chi connectivity index (χ3v) is 3.60. The number of aliphatic hydroxyl groups excluding tert-OH is 1. The van der Waals surface area contributed by atoms with Crippen LogP contribution in [0.4, 0.5) is 13.2 Å². The van der Waals surface area contributed by atoms with E-state index in [2.05, 4.69) is 0 Å². The second kappa shape index (κ2) is 5.07. The van der Waals surface area contributed by atoms with Crippen molar-refractivity contribution in [3.63, 3.8) is 0 Å². The molecule has 2 atom stereocenters. The summed E-state index contributed by atoms with van der Waals surface area (Å²) in [6, 6.07) is 12.2. The van der Waals surface area contributed by atoms with Gasteiger partial charge in [-0.3, -0.25) is 0 Å². The summed E-state index contributed by atoms with van der Waals surface area (Å²) in [5.41, 5.74) is -0.0571. The van der Waals surface area contributed by atoms with Crippen LogP contribution in [-0.2, 0) is 6.18 Å². The normalized spacial score (nSPS) is 21.5. The third kappa shape index (κ3) is 2.61. The molecule has 110 valence electrons. The number of aliphatic hydroxyl groups is 1. The topological polar surface area (TPSA) is 29.5 Å². The largest absolute Gasteiger partial charge is 0.485 e. The van der Waals surface area contributed by atoms with Gasteiger partial charge in [-0.25, -0.2) is 0 Å². The highest BCUT2D eigenvalue weighted by Gasteiger charge is 2.37. The van der Waals surface area contributed by atoms with Crippen LogP contribution in [-0.4, -0.2) is 5.11 Å². The van der Waals surface area contributed by atoms with Gasteiger partial charge in [0.25, 0.3) is 0 Å². The smallest absolute Gasteiger partial charge is 0.416 e. The average molecular weight is 294 g/mol. The molecule has 1 aliphatic heterocycles. The van der Waals surface area contributed by atoms with Gasteiger partial charge in [0.05, 0.1) is 11.7 Å². The van der Waals surface area contributed by atoms with E-state index in [-0.39, 0.29) is 12.0 Å². The summed E-state index contributed by atoms with van der Waals surface area (Å²) in [6.07, 6.45) is -5.99. The monoisotopic (exact) mass is 294 g/mol. The molecule has 1 heterocycles. The average Bonchev–Trinajstić information content (AvgIpc) is 2.46. The molecule has 0 saturated carbocycles. The Morgan fingerprint density at radius 2 is 1.57 bits per heavy atom. The molecular weight excluding hydrogens is 281 g/mol. The molecule has 0 aliphatic carbocycles. The van der Waals surface area contributed by atoms with E-state index in [1.807, 2.05) is 0 Å². The second-order valence-electron chi connectivity index (χ2n) is 4.98.